The zero-order chi connectivity index (χ0) is 22.9. The summed E-state index contributed by atoms with van der Waals surface area (Å²) in [5, 5.41) is 4.69. The molecule has 2 aliphatic rings. The first-order valence-electron chi connectivity index (χ1n) is 10.8. The van der Waals surface area contributed by atoms with Crippen molar-refractivity contribution in [2.24, 2.45) is 0 Å². The average Bonchev–Trinajstić information content (AvgIpc) is 3.40. The highest BCUT2D eigenvalue weighted by molar-refractivity contribution is 7.16. The van der Waals surface area contributed by atoms with E-state index in [1.54, 1.807) is 24.3 Å². The van der Waals surface area contributed by atoms with Gasteiger partial charge in [-0.25, -0.2) is 4.98 Å². The molecule has 0 saturated carbocycles. The molecule has 2 aromatic carbocycles. The number of benzene rings is 2. The topological polar surface area (TPSA) is 65.5 Å². The van der Waals surface area contributed by atoms with E-state index in [0.717, 1.165) is 47.2 Å². The van der Waals surface area contributed by atoms with Crippen LogP contribution in [0, 0.1) is 0 Å². The Bertz CT molecular complexity index is 1170. The van der Waals surface area contributed by atoms with Crippen molar-refractivity contribution in [2.45, 2.75) is 18.8 Å². The molecule has 3 aromatic rings. The van der Waals surface area contributed by atoms with E-state index < -0.39 is 0 Å². The number of nitrogens with zero attached hydrogens (tertiary/aromatic N) is 3. The van der Waals surface area contributed by atoms with E-state index in [2.05, 4.69) is 15.2 Å². The highest BCUT2D eigenvalue weighted by Crippen LogP contribution is 2.39. The van der Waals surface area contributed by atoms with Crippen molar-refractivity contribution in [3.05, 3.63) is 74.7 Å². The lowest BCUT2D eigenvalue weighted by molar-refractivity contribution is -0.133. The van der Waals surface area contributed by atoms with Crippen molar-refractivity contribution in [2.75, 3.05) is 36.4 Å². The third kappa shape index (κ3) is 4.71. The second-order valence-corrected chi connectivity index (χ2v) is 10.1. The first-order chi connectivity index (χ1) is 16.0. The number of aryl methyl sites for hydroxylation is 1. The summed E-state index contributed by atoms with van der Waals surface area (Å²) in [6, 6.07) is 14.5. The van der Waals surface area contributed by atoms with E-state index in [9.17, 15) is 9.59 Å². The molecule has 1 atom stereocenters. The number of carbonyl (C=O) groups is 2. The maximum atomic E-state index is 13.3. The van der Waals surface area contributed by atoms with E-state index >= 15 is 0 Å². The summed E-state index contributed by atoms with van der Waals surface area (Å²) in [6.45, 7) is 2.92. The first-order valence-corrected chi connectivity index (χ1v) is 12.4. The molecule has 0 bridgehead atoms. The fourth-order valence-electron chi connectivity index (χ4n) is 4.35. The third-order valence-corrected chi connectivity index (χ3v) is 7.68. The Morgan fingerprint density at radius 2 is 1.58 bits per heavy atom. The number of rotatable bonds is 4. The van der Waals surface area contributed by atoms with Crippen LogP contribution in [0.2, 0.25) is 10.0 Å². The fraction of sp³-hybridized carbons (Fsp3) is 0.292. The number of anilines is 2. The molecule has 33 heavy (non-hydrogen) atoms. The van der Waals surface area contributed by atoms with Crippen LogP contribution < -0.4 is 10.2 Å². The summed E-state index contributed by atoms with van der Waals surface area (Å²) in [6.07, 6.45) is 1.58. The molecule has 6 nitrogen and oxygen atoms in total. The van der Waals surface area contributed by atoms with E-state index in [1.807, 2.05) is 29.2 Å². The van der Waals surface area contributed by atoms with Gasteiger partial charge in [-0.05, 0) is 61.4 Å². The number of hydrogen-bond acceptors (Lipinski definition) is 5. The predicted molar refractivity (Wildman–Crippen MR) is 133 cm³/mol. The predicted octanol–water partition coefficient (Wildman–Crippen LogP) is 5.08. The van der Waals surface area contributed by atoms with E-state index in [1.165, 1.54) is 11.3 Å². The van der Waals surface area contributed by atoms with Gasteiger partial charge in [0.1, 0.15) is 0 Å². The number of hydrogen-bond donors (Lipinski definition) is 1. The minimum Gasteiger partial charge on any atom is -0.368 e. The standard InChI is InChI=1S/C24H22Cl2N4O2S/c25-16-3-1-15(2-4-16)22(31)28-24-27-21-19(9-10-20(21)33-24)23(32)30-13-11-29(12-14-30)18-7-5-17(26)6-8-18/h1-8,19H,9-14H2,(H,27,28,31). The van der Waals surface area contributed by atoms with Gasteiger partial charge in [-0.2, -0.15) is 0 Å². The van der Waals surface area contributed by atoms with Crippen molar-refractivity contribution in [3.63, 3.8) is 0 Å². The molecule has 0 spiro atoms. The quantitative estimate of drug-likeness (QED) is 0.542. The molecular formula is C24H22Cl2N4O2S. The van der Waals surface area contributed by atoms with Crippen molar-refractivity contribution in [1.82, 2.24) is 9.88 Å². The Hall–Kier alpha value is -2.61. The summed E-state index contributed by atoms with van der Waals surface area (Å²) in [5.74, 6) is -0.342. The van der Waals surface area contributed by atoms with E-state index in [-0.39, 0.29) is 17.7 Å². The molecular weight excluding hydrogens is 479 g/mol. The zero-order valence-electron chi connectivity index (χ0n) is 17.8. The Labute approximate surface area is 206 Å². The Balaban J connectivity index is 1.22. The molecule has 1 aliphatic heterocycles. The van der Waals surface area contributed by atoms with Crippen LogP contribution in [0.3, 0.4) is 0 Å². The fourth-order valence-corrected chi connectivity index (χ4v) is 5.63. The lowest BCUT2D eigenvalue weighted by atomic mass is 10.1. The van der Waals surface area contributed by atoms with Gasteiger partial charge in [0.05, 0.1) is 11.6 Å². The lowest BCUT2D eigenvalue weighted by Gasteiger charge is -2.37. The summed E-state index contributed by atoms with van der Waals surface area (Å²) in [4.78, 5) is 35.7. The monoisotopic (exact) mass is 500 g/mol. The third-order valence-electron chi connectivity index (χ3n) is 6.13. The molecule has 170 valence electrons. The highest BCUT2D eigenvalue weighted by Gasteiger charge is 2.36. The Kier molecular flexibility index (Phi) is 6.27. The largest absolute Gasteiger partial charge is 0.368 e. The number of amides is 2. The molecule has 1 fully saturated rings. The molecule has 1 saturated heterocycles. The molecule has 1 unspecified atom stereocenters. The summed E-state index contributed by atoms with van der Waals surface area (Å²) < 4.78 is 0. The van der Waals surface area contributed by atoms with Crippen molar-refractivity contribution < 1.29 is 9.59 Å². The molecule has 2 heterocycles. The number of thiazole rings is 1. The molecule has 2 amide bonds. The number of fused-ring (bicyclic) bond motifs is 1. The van der Waals surface area contributed by atoms with Crippen LogP contribution in [0.1, 0.15) is 33.3 Å². The second kappa shape index (κ2) is 9.33. The smallest absolute Gasteiger partial charge is 0.257 e. The Morgan fingerprint density at radius 3 is 2.24 bits per heavy atom. The van der Waals surface area contributed by atoms with Crippen LogP contribution in [0.15, 0.2) is 48.5 Å². The number of piperazine rings is 1. The van der Waals surface area contributed by atoms with E-state index in [0.29, 0.717) is 28.8 Å². The first kappa shape index (κ1) is 22.2. The van der Waals surface area contributed by atoms with Gasteiger partial charge in [0.15, 0.2) is 5.13 Å². The van der Waals surface area contributed by atoms with Crippen LogP contribution >= 0.6 is 34.5 Å². The number of halogens is 2. The second-order valence-electron chi connectivity index (χ2n) is 8.17. The zero-order valence-corrected chi connectivity index (χ0v) is 20.1. The van der Waals surface area contributed by atoms with Gasteiger partial charge in [-0.3, -0.25) is 14.9 Å². The van der Waals surface area contributed by atoms with Crippen LogP contribution in [-0.2, 0) is 11.2 Å². The summed E-state index contributed by atoms with van der Waals surface area (Å²) >= 11 is 13.3. The van der Waals surface area contributed by atoms with Crippen LogP contribution in [-0.4, -0.2) is 47.9 Å². The van der Waals surface area contributed by atoms with Crippen LogP contribution in [0.5, 0.6) is 0 Å². The van der Waals surface area contributed by atoms with Gasteiger partial charge in [0, 0.05) is 52.4 Å². The highest BCUT2D eigenvalue weighted by atomic mass is 35.5. The van der Waals surface area contributed by atoms with Crippen molar-refractivity contribution in [1.29, 1.82) is 0 Å². The minimum atomic E-state index is -0.237. The number of nitrogens with one attached hydrogen (secondary N) is 1. The normalized spacial score (nSPS) is 17.7. The minimum absolute atomic E-state index is 0.130. The molecule has 1 N–H and O–H groups in total. The average molecular weight is 501 g/mol. The maximum Gasteiger partial charge on any atom is 0.257 e. The molecule has 1 aliphatic carbocycles. The molecule has 1 aromatic heterocycles. The number of aromatic nitrogens is 1. The van der Waals surface area contributed by atoms with Gasteiger partial charge in [-0.15, -0.1) is 11.3 Å². The van der Waals surface area contributed by atoms with Gasteiger partial charge in [0.2, 0.25) is 5.91 Å². The molecule has 9 heteroatoms. The molecule has 0 radical (unpaired) electrons. The summed E-state index contributed by atoms with van der Waals surface area (Å²) in [7, 11) is 0. The Morgan fingerprint density at radius 1 is 0.939 bits per heavy atom. The van der Waals surface area contributed by atoms with Gasteiger partial charge >= 0.3 is 0 Å². The molecule has 5 rings (SSSR count). The maximum absolute atomic E-state index is 13.3. The summed E-state index contributed by atoms with van der Waals surface area (Å²) in [5.41, 5.74) is 2.45. The van der Waals surface area contributed by atoms with Crippen LogP contribution in [0.25, 0.3) is 0 Å². The number of carbonyl (C=O) groups excluding carboxylic acids is 2. The lowest BCUT2D eigenvalue weighted by Crippen LogP contribution is -2.50. The van der Waals surface area contributed by atoms with Crippen molar-refractivity contribution >= 4 is 57.2 Å². The van der Waals surface area contributed by atoms with Gasteiger partial charge in [0.25, 0.3) is 5.91 Å². The van der Waals surface area contributed by atoms with Gasteiger partial charge in [-0.1, -0.05) is 23.2 Å². The van der Waals surface area contributed by atoms with E-state index in [4.69, 9.17) is 23.2 Å². The van der Waals surface area contributed by atoms with Crippen LogP contribution in [0.4, 0.5) is 10.8 Å². The van der Waals surface area contributed by atoms with Crippen molar-refractivity contribution in [3.8, 4) is 0 Å². The van der Waals surface area contributed by atoms with Gasteiger partial charge < -0.3 is 9.80 Å². The SMILES string of the molecule is O=C(Nc1nc2c(s1)CCC2C(=O)N1CCN(c2ccc(Cl)cc2)CC1)c1ccc(Cl)cc1.